The van der Waals surface area contributed by atoms with E-state index in [9.17, 15) is 0 Å². The number of aromatic amines is 2. The van der Waals surface area contributed by atoms with Gasteiger partial charge in [0.05, 0.1) is 30.2 Å². The van der Waals surface area contributed by atoms with E-state index in [1.165, 1.54) is 12.8 Å². The molecule has 5 rings (SSSR count). The summed E-state index contributed by atoms with van der Waals surface area (Å²) in [7, 11) is 0. The third kappa shape index (κ3) is 2.25. The lowest BCUT2D eigenvalue weighted by molar-refractivity contribution is 0.299. The first-order valence-electron chi connectivity index (χ1n) is 7.90. The van der Waals surface area contributed by atoms with Crippen LogP contribution in [-0.4, -0.2) is 26.5 Å². The quantitative estimate of drug-likeness (QED) is 0.601. The number of nitrogens with one attached hydrogen (secondary N) is 2. The molecule has 0 saturated heterocycles. The molecule has 5 nitrogen and oxygen atoms in total. The lowest BCUT2D eigenvalue weighted by Crippen LogP contribution is -1.99. The second-order valence-corrected chi connectivity index (χ2v) is 6.16. The van der Waals surface area contributed by atoms with Crippen LogP contribution in [0.1, 0.15) is 12.8 Å². The van der Waals surface area contributed by atoms with Crippen molar-refractivity contribution in [1.82, 2.24) is 19.9 Å². The van der Waals surface area contributed by atoms with Gasteiger partial charge in [-0.05, 0) is 42.5 Å². The van der Waals surface area contributed by atoms with E-state index in [-0.39, 0.29) is 0 Å². The van der Waals surface area contributed by atoms with E-state index in [4.69, 9.17) is 4.74 Å². The Labute approximate surface area is 132 Å². The van der Waals surface area contributed by atoms with Gasteiger partial charge in [-0.25, -0.2) is 9.97 Å². The van der Waals surface area contributed by atoms with Crippen LogP contribution in [0.5, 0.6) is 5.75 Å². The molecular formula is C18H16N4O. The van der Waals surface area contributed by atoms with E-state index in [0.717, 1.165) is 51.5 Å². The van der Waals surface area contributed by atoms with Crippen LogP contribution < -0.4 is 4.74 Å². The predicted molar refractivity (Wildman–Crippen MR) is 89.4 cm³/mol. The number of imidazole rings is 1. The highest BCUT2D eigenvalue weighted by molar-refractivity contribution is 5.96. The van der Waals surface area contributed by atoms with E-state index >= 15 is 0 Å². The van der Waals surface area contributed by atoms with Crippen LogP contribution in [0.15, 0.2) is 43.0 Å². The third-order valence-electron chi connectivity index (χ3n) is 4.42. The van der Waals surface area contributed by atoms with Crippen LogP contribution in [0.4, 0.5) is 0 Å². The topological polar surface area (TPSA) is 66.6 Å². The van der Waals surface area contributed by atoms with Crippen molar-refractivity contribution in [3.8, 4) is 16.9 Å². The Balaban J connectivity index is 1.57. The molecule has 114 valence electrons. The second kappa shape index (κ2) is 4.84. The summed E-state index contributed by atoms with van der Waals surface area (Å²) in [6.45, 7) is 0.799. The van der Waals surface area contributed by atoms with Crippen molar-refractivity contribution in [3.05, 3.63) is 43.0 Å². The Bertz CT molecular complexity index is 997. The molecule has 2 N–H and O–H groups in total. The Hall–Kier alpha value is -2.82. The zero-order chi connectivity index (χ0) is 15.2. The molecule has 3 heterocycles. The molecule has 0 bridgehead atoms. The summed E-state index contributed by atoms with van der Waals surface area (Å²) in [5, 5.41) is 1.08. The monoisotopic (exact) mass is 304 g/mol. The Morgan fingerprint density at radius 3 is 3.00 bits per heavy atom. The van der Waals surface area contributed by atoms with Gasteiger partial charge < -0.3 is 14.7 Å². The van der Waals surface area contributed by atoms with Gasteiger partial charge in [0.2, 0.25) is 0 Å². The van der Waals surface area contributed by atoms with Crippen LogP contribution in [0, 0.1) is 5.92 Å². The molecule has 0 spiro atoms. The zero-order valence-corrected chi connectivity index (χ0v) is 12.5. The minimum absolute atomic E-state index is 0.735. The van der Waals surface area contributed by atoms with Gasteiger partial charge in [0.1, 0.15) is 11.4 Å². The normalized spacial score (nSPS) is 14.6. The number of pyridine rings is 1. The number of rotatable bonds is 4. The molecule has 1 fully saturated rings. The molecule has 0 aliphatic heterocycles. The molecule has 0 radical (unpaired) electrons. The standard InChI is InChI=1S/C18H16N4O/c1-2-11(1)9-23-13-6-14-15(8-20-18(14)19-7-13)12-3-4-16-17(5-12)22-10-21-16/h3-8,10-11H,1-2,9H2,(H,19,20)(H,21,22). The number of hydrogen-bond donors (Lipinski definition) is 2. The number of fused-ring (bicyclic) bond motifs is 2. The van der Waals surface area contributed by atoms with Gasteiger partial charge >= 0.3 is 0 Å². The first-order chi connectivity index (χ1) is 11.4. The molecular weight excluding hydrogens is 288 g/mol. The van der Waals surface area contributed by atoms with Gasteiger partial charge in [-0.3, -0.25) is 0 Å². The fraction of sp³-hybridized carbons (Fsp3) is 0.222. The first kappa shape index (κ1) is 12.7. The summed E-state index contributed by atoms with van der Waals surface area (Å²) in [4.78, 5) is 15.1. The molecule has 0 unspecified atom stereocenters. The van der Waals surface area contributed by atoms with Crippen LogP contribution in [-0.2, 0) is 0 Å². The fourth-order valence-corrected chi connectivity index (χ4v) is 2.90. The van der Waals surface area contributed by atoms with Crippen LogP contribution in [0.2, 0.25) is 0 Å². The van der Waals surface area contributed by atoms with Crippen molar-refractivity contribution in [2.75, 3.05) is 6.61 Å². The summed E-state index contributed by atoms with van der Waals surface area (Å²) in [5.74, 6) is 1.58. The van der Waals surface area contributed by atoms with Gasteiger partial charge in [0.25, 0.3) is 0 Å². The van der Waals surface area contributed by atoms with Gasteiger partial charge in [-0.1, -0.05) is 6.07 Å². The Kier molecular flexibility index (Phi) is 2.67. The van der Waals surface area contributed by atoms with Crippen LogP contribution >= 0.6 is 0 Å². The minimum Gasteiger partial charge on any atom is -0.492 e. The maximum Gasteiger partial charge on any atom is 0.138 e. The Morgan fingerprint density at radius 1 is 1.13 bits per heavy atom. The largest absolute Gasteiger partial charge is 0.492 e. The molecule has 1 aliphatic rings. The molecule has 0 atom stereocenters. The smallest absolute Gasteiger partial charge is 0.138 e. The summed E-state index contributed by atoms with van der Waals surface area (Å²) in [5.41, 5.74) is 5.14. The number of benzene rings is 1. The van der Waals surface area contributed by atoms with E-state index in [2.05, 4.69) is 38.1 Å². The van der Waals surface area contributed by atoms with E-state index in [0.29, 0.717) is 0 Å². The van der Waals surface area contributed by atoms with Crippen molar-refractivity contribution in [2.45, 2.75) is 12.8 Å². The number of hydrogen-bond acceptors (Lipinski definition) is 3. The summed E-state index contributed by atoms with van der Waals surface area (Å²) < 4.78 is 5.86. The number of H-pyrrole nitrogens is 2. The van der Waals surface area contributed by atoms with E-state index in [1.54, 1.807) is 12.5 Å². The van der Waals surface area contributed by atoms with Crippen molar-refractivity contribution in [2.24, 2.45) is 5.92 Å². The van der Waals surface area contributed by atoms with Crippen LogP contribution in [0.3, 0.4) is 0 Å². The third-order valence-corrected chi connectivity index (χ3v) is 4.42. The molecule has 23 heavy (non-hydrogen) atoms. The van der Waals surface area contributed by atoms with E-state index in [1.807, 2.05) is 12.3 Å². The van der Waals surface area contributed by atoms with Crippen molar-refractivity contribution < 1.29 is 4.74 Å². The summed E-state index contributed by atoms with van der Waals surface area (Å²) in [6.07, 6.45) is 8.09. The molecule has 3 aromatic heterocycles. The lowest BCUT2D eigenvalue weighted by Gasteiger charge is -2.05. The molecule has 0 amide bonds. The number of nitrogens with zero attached hydrogens (tertiary/aromatic N) is 2. The molecule has 4 aromatic rings. The molecule has 1 saturated carbocycles. The van der Waals surface area contributed by atoms with Crippen LogP contribution in [0.25, 0.3) is 33.2 Å². The van der Waals surface area contributed by atoms with Gasteiger partial charge in [0.15, 0.2) is 0 Å². The maximum absolute atomic E-state index is 5.86. The van der Waals surface area contributed by atoms with Crippen molar-refractivity contribution in [1.29, 1.82) is 0 Å². The first-order valence-corrected chi connectivity index (χ1v) is 7.90. The van der Waals surface area contributed by atoms with Gasteiger partial charge in [-0.15, -0.1) is 0 Å². The van der Waals surface area contributed by atoms with Crippen molar-refractivity contribution >= 4 is 22.1 Å². The van der Waals surface area contributed by atoms with E-state index < -0.39 is 0 Å². The molecule has 5 heteroatoms. The number of aromatic nitrogens is 4. The zero-order valence-electron chi connectivity index (χ0n) is 12.5. The Morgan fingerprint density at radius 2 is 2.09 bits per heavy atom. The highest BCUT2D eigenvalue weighted by Crippen LogP contribution is 2.33. The summed E-state index contributed by atoms with van der Waals surface area (Å²) in [6, 6.07) is 8.31. The van der Waals surface area contributed by atoms with Gasteiger partial charge in [-0.2, -0.15) is 0 Å². The summed E-state index contributed by atoms with van der Waals surface area (Å²) >= 11 is 0. The van der Waals surface area contributed by atoms with Crippen molar-refractivity contribution in [3.63, 3.8) is 0 Å². The lowest BCUT2D eigenvalue weighted by atomic mass is 10.1. The molecule has 1 aliphatic carbocycles. The average molecular weight is 304 g/mol. The number of ether oxygens (including phenoxy) is 1. The molecule has 1 aromatic carbocycles. The highest BCUT2D eigenvalue weighted by atomic mass is 16.5. The average Bonchev–Trinajstić information content (AvgIpc) is 3.13. The van der Waals surface area contributed by atoms with Gasteiger partial charge in [0, 0.05) is 17.1 Å². The second-order valence-electron chi connectivity index (χ2n) is 6.16. The highest BCUT2D eigenvalue weighted by Gasteiger charge is 2.22. The maximum atomic E-state index is 5.86. The fourth-order valence-electron chi connectivity index (χ4n) is 2.90. The predicted octanol–water partition coefficient (Wildman–Crippen LogP) is 3.90. The SMILES string of the molecule is c1nc2ccc(-c3c[nH]c4ncc(OCC5CC5)cc34)cc2[nH]1. The minimum atomic E-state index is 0.735.